The molecular weight excluding hydrogens is 354 g/mol. The molecule has 27 heavy (non-hydrogen) atoms. The normalized spacial score (nSPS) is 10.7. The van der Waals surface area contributed by atoms with Crippen LogP contribution in [0.3, 0.4) is 0 Å². The van der Waals surface area contributed by atoms with E-state index in [2.05, 4.69) is 0 Å². The van der Waals surface area contributed by atoms with Crippen molar-refractivity contribution < 1.29 is 28.9 Å². The molecule has 0 heterocycles. The number of ether oxygens (including phenoxy) is 4. The Morgan fingerprint density at radius 2 is 1.67 bits per heavy atom. The van der Waals surface area contributed by atoms with E-state index in [1.165, 1.54) is 40.6 Å². The molecule has 0 saturated heterocycles. The van der Waals surface area contributed by atoms with E-state index in [4.69, 9.17) is 18.9 Å². The highest BCUT2D eigenvalue weighted by atomic mass is 16.8. The maximum absolute atomic E-state index is 12.4. The number of hydrogen-bond donors (Lipinski definition) is 1. The summed E-state index contributed by atoms with van der Waals surface area (Å²) in [4.78, 5) is 12.4. The molecule has 0 spiro atoms. The van der Waals surface area contributed by atoms with Crippen LogP contribution in [0, 0.1) is 5.21 Å². The summed E-state index contributed by atoms with van der Waals surface area (Å²) in [6.45, 7) is 0. The molecule has 8 heteroatoms. The first-order valence-corrected chi connectivity index (χ1v) is 7.91. The fraction of sp³-hybridized carbons (Fsp3) is 0.211. The Balaban J connectivity index is 2.68. The molecule has 0 atom stereocenters. The largest absolute Gasteiger partial charge is 0.733 e. The Bertz CT molecular complexity index is 1030. The van der Waals surface area contributed by atoms with Crippen molar-refractivity contribution in [2.45, 2.75) is 0 Å². The number of fused-ring (bicyclic) bond motifs is 3. The lowest BCUT2D eigenvalue weighted by Gasteiger charge is -2.26. The zero-order chi connectivity index (χ0) is 19.7. The molecule has 0 radical (unpaired) electrons. The first-order chi connectivity index (χ1) is 13.0. The summed E-state index contributed by atoms with van der Waals surface area (Å²) in [6, 6.07) is 8.14. The number of carbonyl (C=O) groups is 1. The van der Waals surface area contributed by atoms with Gasteiger partial charge < -0.3 is 29.4 Å². The Morgan fingerprint density at radius 1 is 0.963 bits per heavy atom. The second-order valence-corrected chi connectivity index (χ2v) is 5.63. The summed E-state index contributed by atoms with van der Waals surface area (Å²) >= 11 is 0. The lowest BCUT2D eigenvalue weighted by molar-refractivity contribution is 0.0602. The molecular formula is C19H18NO7-. The predicted octanol–water partition coefficient (Wildman–Crippen LogP) is 3.50. The fourth-order valence-electron chi connectivity index (χ4n) is 3.24. The van der Waals surface area contributed by atoms with Gasteiger partial charge in [0.2, 0.25) is 0 Å². The molecule has 0 aliphatic rings. The molecule has 3 rings (SSSR count). The van der Waals surface area contributed by atoms with Crippen LogP contribution in [0.4, 0.5) is 5.69 Å². The minimum Gasteiger partial charge on any atom is -0.733 e. The van der Waals surface area contributed by atoms with E-state index in [1.807, 2.05) is 0 Å². The minimum absolute atomic E-state index is 0.0553. The van der Waals surface area contributed by atoms with E-state index in [1.54, 1.807) is 18.2 Å². The number of anilines is 1. The molecule has 0 fully saturated rings. The van der Waals surface area contributed by atoms with Gasteiger partial charge in [-0.2, -0.15) is 0 Å². The van der Waals surface area contributed by atoms with Crippen LogP contribution in [0.1, 0.15) is 10.4 Å². The third-order valence-corrected chi connectivity index (χ3v) is 4.37. The standard InChI is InChI=1S/C19H18NO7/c1-24-14-7-5-6-10-11(14)8-13(20(22)23)16-12(19(21)27-4)9-15(25-2)18(26-3)17(10)16/h5-9,22H,1-4H3/q-1. The molecule has 3 aromatic rings. The summed E-state index contributed by atoms with van der Waals surface area (Å²) in [5.74, 6) is 0.387. The third kappa shape index (κ3) is 2.84. The second kappa shape index (κ2) is 7.18. The number of carbonyl (C=O) groups excluding carboxylic acids is 1. The predicted molar refractivity (Wildman–Crippen MR) is 100 cm³/mol. The van der Waals surface area contributed by atoms with Gasteiger partial charge in [-0.1, -0.05) is 12.1 Å². The van der Waals surface area contributed by atoms with Gasteiger partial charge in [-0.25, -0.2) is 4.79 Å². The summed E-state index contributed by atoms with van der Waals surface area (Å²) in [7, 11) is 5.60. The van der Waals surface area contributed by atoms with E-state index in [0.29, 0.717) is 27.7 Å². The highest BCUT2D eigenvalue weighted by Crippen LogP contribution is 2.47. The molecule has 0 aromatic heterocycles. The van der Waals surface area contributed by atoms with Crippen molar-refractivity contribution in [3.05, 3.63) is 41.1 Å². The van der Waals surface area contributed by atoms with Crippen LogP contribution in [-0.4, -0.2) is 39.6 Å². The van der Waals surface area contributed by atoms with E-state index in [-0.39, 0.29) is 27.6 Å². The molecule has 0 unspecified atom stereocenters. The molecule has 0 amide bonds. The van der Waals surface area contributed by atoms with E-state index >= 15 is 0 Å². The van der Waals surface area contributed by atoms with Gasteiger partial charge in [0.25, 0.3) is 0 Å². The van der Waals surface area contributed by atoms with Gasteiger partial charge >= 0.3 is 5.97 Å². The minimum atomic E-state index is -0.689. The van der Waals surface area contributed by atoms with Crippen LogP contribution in [0.5, 0.6) is 17.2 Å². The van der Waals surface area contributed by atoms with Gasteiger partial charge in [-0.05, 0) is 23.6 Å². The molecule has 0 aliphatic carbocycles. The average molecular weight is 372 g/mol. The zero-order valence-electron chi connectivity index (χ0n) is 15.2. The Hall–Kier alpha value is -3.23. The van der Waals surface area contributed by atoms with Gasteiger partial charge in [-0.15, -0.1) is 0 Å². The summed E-state index contributed by atoms with van der Waals surface area (Å²) < 4.78 is 21.1. The van der Waals surface area contributed by atoms with Crippen LogP contribution < -0.4 is 19.4 Å². The first kappa shape index (κ1) is 18.6. The first-order valence-electron chi connectivity index (χ1n) is 7.91. The molecule has 0 saturated carbocycles. The number of benzene rings is 3. The smallest absolute Gasteiger partial charge is 0.338 e. The van der Waals surface area contributed by atoms with Crippen molar-refractivity contribution in [2.24, 2.45) is 0 Å². The van der Waals surface area contributed by atoms with Crippen molar-refractivity contribution in [1.82, 2.24) is 0 Å². The zero-order valence-corrected chi connectivity index (χ0v) is 15.2. The second-order valence-electron chi connectivity index (χ2n) is 5.63. The highest BCUT2D eigenvalue weighted by Gasteiger charge is 2.24. The van der Waals surface area contributed by atoms with Crippen molar-refractivity contribution in [3.63, 3.8) is 0 Å². The van der Waals surface area contributed by atoms with Gasteiger partial charge in [0.1, 0.15) is 5.75 Å². The third-order valence-electron chi connectivity index (χ3n) is 4.37. The molecule has 8 nitrogen and oxygen atoms in total. The maximum atomic E-state index is 12.4. The Labute approximate surface area is 154 Å². The van der Waals surface area contributed by atoms with Crippen LogP contribution in [0.2, 0.25) is 0 Å². The van der Waals surface area contributed by atoms with Crippen LogP contribution in [-0.2, 0) is 4.74 Å². The quantitative estimate of drug-likeness (QED) is 0.413. The number of esters is 1. The number of nitrogens with zero attached hydrogens (tertiary/aromatic N) is 1. The molecule has 142 valence electrons. The van der Waals surface area contributed by atoms with Gasteiger partial charge in [0, 0.05) is 16.2 Å². The average Bonchev–Trinajstić information content (AvgIpc) is 2.70. The maximum Gasteiger partial charge on any atom is 0.338 e. The van der Waals surface area contributed by atoms with Crippen LogP contribution in [0.15, 0.2) is 30.3 Å². The van der Waals surface area contributed by atoms with E-state index in [9.17, 15) is 15.2 Å². The summed E-state index contributed by atoms with van der Waals surface area (Å²) in [6.07, 6.45) is 0. The Kier molecular flexibility index (Phi) is 4.93. The van der Waals surface area contributed by atoms with E-state index < -0.39 is 5.97 Å². The van der Waals surface area contributed by atoms with Crippen molar-refractivity contribution in [1.29, 1.82) is 0 Å². The van der Waals surface area contributed by atoms with Crippen molar-refractivity contribution in [3.8, 4) is 17.2 Å². The summed E-state index contributed by atoms with van der Waals surface area (Å²) in [5, 5.41) is 23.2. The molecule has 3 aromatic carbocycles. The van der Waals surface area contributed by atoms with Gasteiger partial charge in [-0.3, -0.25) is 5.21 Å². The van der Waals surface area contributed by atoms with Crippen LogP contribution >= 0.6 is 0 Å². The number of rotatable bonds is 5. The number of methoxy groups -OCH3 is 4. The van der Waals surface area contributed by atoms with Gasteiger partial charge in [0.05, 0.1) is 39.7 Å². The molecule has 0 bridgehead atoms. The van der Waals surface area contributed by atoms with Crippen molar-refractivity contribution >= 4 is 33.2 Å². The van der Waals surface area contributed by atoms with E-state index in [0.717, 1.165) is 0 Å². The summed E-state index contributed by atoms with van der Waals surface area (Å²) in [5.41, 5.74) is -0.0943. The fourth-order valence-corrected chi connectivity index (χ4v) is 3.24. The van der Waals surface area contributed by atoms with Crippen LogP contribution in [0.25, 0.3) is 21.5 Å². The Morgan fingerprint density at radius 3 is 2.22 bits per heavy atom. The van der Waals surface area contributed by atoms with Crippen molar-refractivity contribution in [2.75, 3.05) is 33.7 Å². The highest BCUT2D eigenvalue weighted by molar-refractivity contribution is 6.23. The SMILES string of the molecule is COC(=O)c1cc(OC)c(OC)c2c1c(N([O-])O)cc1c(OC)cccc12. The molecule has 0 aliphatic heterocycles. The topological polar surface area (TPSA) is 101 Å². The number of hydrogen-bond acceptors (Lipinski definition) is 8. The molecule has 1 N–H and O–H groups in total. The monoisotopic (exact) mass is 372 g/mol. The lowest BCUT2D eigenvalue weighted by Crippen LogP contribution is -2.11. The van der Waals surface area contributed by atoms with Gasteiger partial charge in [0.15, 0.2) is 11.5 Å². The lowest BCUT2D eigenvalue weighted by atomic mass is 9.94.